The van der Waals surface area contributed by atoms with E-state index in [-0.39, 0.29) is 11.7 Å². The molecule has 6 heteroatoms. The molecule has 1 aromatic carbocycles. The Morgan fingerprint density at radius 2 is 1.92 bits per heavy atom. The van der Waals surface area contributed by atoms with Crippen LogP contribution in [0.1, 0.15) is 35.6 Å². The van der Waals surface area contributed by atoms with E-state index >= 15 is 0 Å². The molecule has 0 aliphatic rings. The summed E-state index contributed by atoms with van der Waals surface area (Å²) in [6.45, 7) is 7.55. The van der Waals surface area contributed by atoms with Crippen molar-refractivity contribution < 1.29 is 14.1 Å². The second-order valence-electron chi connectivity index (χ2n) is 7.11. The number of benzene rings is 1. The Morgan fingerprint density at radius 1 is 1.28 bits per heavy atom. The first-order valence-electron chi connectivity index (χ1n) is 8.71. The van der Waals surface area contributed by atoms with E-state index in [9.17, 15) is 9.18 Å². The first kappa shape index (κ1) is 19.1. The van der Waals surface area contributed by atoms with Crippen molar-refractivity contribution in [3.63, 3.8) is 0 Å². The lowest BCUT2D eigenvalue weighted by Crippen LogP contribution is -3.06. The zero-order valence-corrected chi connectivity index (χ0v) is 15.7. The summed E-state index contributed by atoms with van der Waals surface area (Å²) in [5, 5.41) is 7.63. The molecule has 0 atom stereocenters. The molecule has 1 aromatic heterocycles. The number of hydrogen-bond donors (Lipinski definition) is 2. The lowest BCUT2D eigenvalue weighted by molar-refractivity contribution is -0.856. The summed E-state index contributed by atoms with van der Waals surface area (Å²) in [4.78, 5) is 14.0. The third-order valence-electron chi connectivity index (χ3n) is 4.00. The molecule has 0 saturated carbocycles. The topological polar surface area (TPSA) is 51.4 Å². The molecule has 0 bridgehead atoms. The number of carbonyl (C=O) groups excluding carboxylic acids is 1. The summed E-state index contributed by atoms with van der Waals surface area (Å²) in [6, 6.07) is 6.15. The van der Waals surface area contributed by atoms with Crippen LogP contribution in [0.25, 0.3) is 5.69 Å². The first-order valence-corrected chi connectivity index (χ1v) is 8.71. The Hall–Kier alpha value is -2.21. The number of halogens is 1. The number of nitrogens with zero attached hydrogens (tertiary/aromatic N) is 2. The maximum atomic E-state index is 13.2. The smallest absolute Gasteiger partial charge is 0.255 e. The van der Waals surface area contributed by atoms with Crippen molar-refractivity contribution in [3.05, 3.63) is 47.0 Å². The minimum atomic E-state index is -0.292. The molecule has 0 fully saturated rings. The van der Waals surface area contributed by atoms with Crippen molar-refractivity contribution in [1.29, 1.82) is 0 Å². The van der Waals surface area contributed by atoms with Crippen LogP contribution in [0.4, 0.5) is 4.39 Å². The molecule has 1 heterocycles. The Morgan fingerprint density at radius 3 is 2.48 bits per heavy atom. The Labute approximate surface area is 148 Å². The maximum Gasteiger partial charge on any atom is 0.255 e. The Kier molecular flexibility index (Phi) is 6.31. The maximum absolute atomic E-state index is 13.2. The van der Waals surface area contributed by atoms with Crippen molar-refractivity contribution in [1.82, 2.24) is 15.1 Å². The third kappa shape index (κ3) is 4.89. The van der Waals surface area contributed by atoms with E-state index in [1.807, 2.05) is 21.0 Å². The van der Waals surface area contributed by atoms with Crippen LogP contribution in [0.5, 0.6) is 0 Å². The monoisotopic (exact) mass is 347 g/mol. The molecule has 1 amide bonds. The molecule has 5 nitrogen and oxygen atoms in total. The minimum absolute atomic E-state index is 0.0947. The van der Waals surface area contributed by atoms with E-state index in [0.717, 1.165) is 30.0 Å². The van der Waals surface area contributed by atoms with E-state index in [2.05, 4.69) is 24.3 Å². The molecular weight excluding hydrogens is 319 g/mol. The van der Waals surface area contributed by atoms with E-state index in [1.54, 1.807) is 16.8 Å². The fourth-order valence-corrected chi connectivity index (χ4v) is 2.73. The van der Waals surface area contributed by atoms with E-state index in [0.29, 0.717) is 18.0 Å². The number of hydrogen-bond acceptors (Lipinski definition) is 2. The van der Waals surface area contributed by atoms with Gasteiger partial charge in [-0.3, -0.25) is 4.79 Å². The van der Waals surface area contributed by atoms with Crippen LogP contribution in [0, 0.1) is 18.7 Å². The number of quaternary nitrogens is 1. The van der Waals surface area contributed by atoms with Crippen LogP contribution in [0.15, 0.2) is 24.3 Å². The molecule has 0 spiro atoms. The van der Waals surface area contributed by atoms with Gasteiger partial charge in [0.1, 0.15) is 5.82 Å². The molecule has 0 radical (unpaired) electrons. The average Bonchev–Trinajstić information content (AvgIpc) is 2.83. The van der Waals surface area contributed by atoms with Gasteiger partial charge in [-0.15, -0.1) is 0 Å². The summed E-state index contributed by atoms with van der Waals surface area (Å²) in [7, 11) is 4.10. The Bertz CT molecular complexity index is 720. The predicted octanol–water partition coefficient (Wildman–Crippen LogP) is 1.39. The number of aromatic nitrogens is 2. The first-order chi connectivity index (χ1) is 11.8. The zero-order valence-electron chi connectivity index (χ0n) is 15.7. The molecule has 2 rings (SSSR count). The van der Waals surface area contributed by atoms with Crippen LogP contribution in [-0.2, 0) is 6.42 Å². The Balaban J connectivity index is 2.35. The van der Waals surface area contributed by atoms with Crippen LogP contribution >= 0.6 is 0 Å². The lowest BCUT2D eigenvalue weighted by atomic mass is 10.0. The SMILES string of the molecule is Cc1c(C(=O)NCC[NH+](C)C)c(CC(C)C)nn1-c1ccc(F)cc1. The van der Waals surface area contributed by atoms with Gasteiger partial charge in [-0.2, -0.15) is 5.10 Å². The van der Waals surface area contributed by atoms with Crippen LogP contribution in [0.3, 0.4) is 0 Å². The lowest BCUT2D eigenvalue weighted by Gasteiger charge is -2.10. The van der Waals surface area contributed by atoms with Gasteiger partial charge in [-0.25, -0.2) is 9.07 Å². The van der Waals surface area contributed by atoms with Crippen LogP contribution < -0.4 is 10.2 Å². The van der Waals surface area contributed by atoms with Crippen molar-refractivity contribution >= 4 is 5.91 Å². The summed E-state index contributed by atoms with van der Waals surface area (Å²) < 4.78 is 14.9. The molecule has 2 N–H and O–H groups in total. The van der Waals surface area contributed by atoms with Gasteiger partial charge in [0, 0.05) is 0 Å². The number of likely N-dealkylation sites (N-methyl/N-ethyl adjacent to an activating group) is 1. The second kappa shape index (κ2) is 8.25. The zero-order chi connectivity index (χ0) is 18.6. The fourth-order valence-electron chi connectivity index (χ4n) is 2.73. The highest BCUT2D eigenvalue weighted by Gasteiger charge is 2.22. The van der Waals surface area contributed by atoms with Gasteiger partial charge in [0.15, 0.2) is 0 Å². The van der Waals surface area contributed by atoms with Crippen LogP contribution in [-0.4, -0.2) is 42.9 Å². The number of rotatable bonds is 7. The van der Waals surface area contributed by atoms with E-state index in [4.69, 9.17) is 0 Å². The largest absolute Gasteiger partial charge is 0.346 e. The van der Waals surface area contributed by atoms with E-state index < -0.39 is 0 Å². The molecule has 0 saturated heterocycles. The molecule has 0 aliphatic heterocycles. The fraction of sp³-hybridized carbons (Fsp3) is 0.474. The third-order valence-corrected chi connectivity index (χ3v) is 4.00. The average molecular weight is 347 g/mol. The van der Waals surface area contributed by atoms with Gasteiger partial charge in [0.05, 0.1) is 49.8 Å². The highest BCUT2D eigenvalue weighted by Crippen LogP contribution is 2.21. The summed E-state index contributed by atoms with van der Waals surface area (Å²) in [6.07, 6.45) is 0.719. The van der Waals surface area contributed by atoms with Crippen molar-refractivity contribution in [2.24, 2.45) is 5.92 Å². The quantitative estimate of drug-likeness (QED) is 0.795. The molecule has 136 valence electrons. The van der Waals surface area contributed by atoms with Gasteiger partial charge in [0.2, 0.25) is 0 Å². The van der Waals surface area contributed by atoms with E-state index in [1.165, 1.54) is 17.0 Å². The van der Waals surface area contributed by atoms with Gasteiger partial charge >= 0.3 is 0 Å². The summed E-state index contributed by atoms with van der Waals surface area (Å²) in [5.74, 6) is -0.00314. The standard InChI is InChI=1S/C19H27FN4O/c1-13(2)12-17-18(19(25)21-10-11-23(4)5)14(3)24(22-17)16-8-6-15(20)7-9-16/h6-9,13H,10-12H2,1-5H3,(H,21,25)/p+1. The van der Waals surface area contributed by atoms with Gasteiger partial charge in [-0.05, 0) is 43.5 Å². The molecule has 25 heavy (non-hydrogen) atoms. The van der Waals surface area contributed by atoms with Gasteiger partial charge < -0.3 is 10.2 Å². The molecule has 0 unspecified atom stereocenters. The van der Waals surface area contributed by atoms with Crippen LogP contribution in [0.2, 0.25) is 0 Å². The minimum Gasteiger partial charge on any atom is -0.346 e. The molecule has 2 aromatic rings. The summed E-state index contributed by atoms with van der Waals surface area (Å²) in [5.41, 5.74) is 2.94. The second-order valence-corrected chi connectivity index (χ2v) is 7.11. The normalized spacial score (nSPS) is 11.4. The highest BCUT2D eigenvalue weighted by molar-refractivity contribution is 5.96. The van der Waals surface area contributed by atoms with Crippen molar-refractivity contribution in [2.45, 2.75) is 27.2 Å². The predicted molar refractivity (Wildman–Crippen MR) is 96.8 cm³/mol. The van der Waals surface area contributed by atoms with Crippen molar-refractivity contribution in [3.8, 4) is 5.69 Å². The molecule has 0 aliphatic carbocycles. The molecular formula is C19H28FN4O+. The highest BCUT2D eigenvalue weighted by atomic mass is 19.1. The number of amides is 1. The number of carbonyl (C=O) groups is 1. The van der Waals surface area contributed by atoms with Gasteiger partial charge in [0.25, 0.3) is 5.91 Å². The number of nitrogens with one attached hydrogen (secondary N) is 2. The van der Waals surface area contributed by atoms with Gasteiger partial charge in [-0.1, -0.05) is 13.8 Å². The van der Waals surface area contributed by atoms with Crippen molar-refractivity contribution in [2.75, 3.05) is 27.2 Å². The summed E-state index contributed by atoms with van der Waals surface area (Å²) >= 11 is 0.